The molecule has 2 amide bonds. The number of carbonyl (C=O) groups is 2. The molecule has 6 heteroatoms. The minimum atomic E-state index is -0.461. The molecule has 1 aliphatic heterocycles. The van der Waals surface area contributed by atoms with Crippen molar-refractivity contribution in [3.63, 3.8) is 0 Å². The van der Waals surface area contributed by atoms with Crippen molar-refractivity contribution in [1.82, 2.24) is 5.32 Å². The Kier molecular flexibility index (Phi) is 4.96. The Morgan fingerprint density at radius 3 is 2.75 bits per heavy atom. The van der Waals surface area contributed by atoms with Crippen molar-refractivity contribution < 1.29 is 9.59 Å². The van der Waals surface area contributed by atoms with E-state index >= 15 is 0 Å². The van der Waals surface area contributed by atoms with Gasteiger partial charge in [-0.15, -0.1) is 0 Å². The normalized spacial score (nSPS) is 18.5. The fourth-order valence-corrected chi connectivity index (χ4v) is 3.30. The zero-order valence-electron chi connectivity index (χ0n) is 13.2. The van der Waals surface area contributed by atoms with E-state index in [0.717, 1.165) is 16.9 Å². The number of rotatable bonds is 4. The van der Waals surface area contributed by atoms with Gasteiger partial charge in [-0.05, 0) is 36.8 Å². The Morgan fingerprint density at radius 2 is 2.00 bits per heavy atom. The average molecular weight is 339 g/mol. The molecule has 0 unspecified atom stereocenters. The van der Waals surface area contributed by atoms with E-state index in [0.29, 0.717) is 5.17 Å². The molecule has 0 spiro atoms. The number of hydrogen-bond donors (Lipinski definition) is 2. The summed E-state index contributed by atoms with van der Waals surface area (Å²) in [5.74, 6) is -0.372. The topological polar surface area (TPSA) is 70.6 Å². The van der Waals surface area contributed by atoms with Crippen LogP contribution in [0.2, 0.25) is 0 Å². The van der Waals surface area contributed by atoms with Crippen LogP contribution in [0.25, 0.3) is 0 Å². The molecule has 1 aliphatic rings. The summed E-state index contributed by atoms with van der Waals surface area (Å²) in [6, 6.07) is 16.9. The lowest BCUT2D eigenvalue weighted by molar-refractivity contribution is -0.122. The SMILES string of the molecule is Cc1cccc(NC(=O)C[C@H]2SC(=Nc3ccccc3)NC2=O)c1. The first-order chi connectivity index (χ1) is 11.6. The number of aliphatic imine (C=N–C) groups is 1. The third-order valence-electron chi connectivity index (χ3n) is 3.44. The highest BCUT2D eigenvalue weighted by atomic mass is 32.2. The van der Waals surface area contributed by atoms with Gasteiger partial charge in [0, 0.05) is 12.1 Å². The molecular weight excluding hydrogens is 322 g/mol. The van der Waals surface area contributed by atoms with Crippen LogP contribution in [0, 0.1) is 6.92 Å². The number of hydrogen-bond acceptors (Lipinski definition) is 4. The highest BCUT2D eigenvalue weighted by Crippen LogP contribution is 2.25. The number of para-hydroxylation sites is 1. The molecule has 0 radical (unpaired) electrons. The number of anilines is 1. The molecule has 24 heavy (non-hydrogen) atoms. The smallest absolute Gasteiger partial charge is 0.240 e. The van der Waals surface area contributed by atoms with Gasteiger partial charge in [0.05, 0.1) is 5.69 Å². The minimum absolute atomic E-state index is 0.109. The Balaban J connectivity index is 1.60. The van der Waals surface area contributed by atoms with Gasteiger partial charge in [0.1, 0.15) is 5.25 Å². The van der Waals surface area contributed by atoms with Crippen LogP contribution in [-0.4, -0.2) is 22.2 Å². The molecule has 1 fully saturated rings. The molecule has 0 aromatic heterocycles. The van der Waals surface area contributed by atoms with Gasteiger partial charge in [-0.2, -0.15) is 0 Å². The third kappa shape index (κ3) is 4.23. The summed E-state index contributed by atoms with van der Waals surface area (Å²) in [4.78, 5) is 28.5. The van der Waals surface area contributed by atoms with E-state index in [9.17, 15) is 9.59 Å². The molecule has 2 N–H and O–H groups in total. The van der Waals surface area contributed by atoms with Gasteiger partial charge in [-0.25, -0.2) is 4.99 Å². The summed E-state index contributed by atoms with van der Waals surface area (Å²) in [6.07, 6.45) is 0.109. The lowest BCUT2D eigenvalue weighted by Crippen LogP contribution is -2.28. The van der Waals surface area contributed by atoms with Crippen molar-refractivity contribution in [1.29, 1.82) is 0 Å². The maximum absolute atomic E-state index is 12.1. The maximum Gasteiger partial charge on any atom is 0.240 e. The number of amidine groups is 1. The third-order valence-corrected chi connectivity index (χ3v) is 4.52. The van der Waals surface area contributed by atoms with E-state index in [2.05, 4.69) is 15.6 Å². The van der Waals surface area contributed by atoms with Crippen molar-refractivity contribution in [2.45, 2.75) is 18.6 Å². The lowest BCUT2D eigenvalue weighted by atomic mass is 10.2. The second kappa shape index (κ2) is 7.31. The van der Waals surface area contributed by atoms with Crippen LogP contribution in [0.15, 0.2) is 59.6 Å². The summed E-state index contributed by atoms with van der Waals surface area (Å²) in [6.45, 7) is 1.96. The van der Waals surface area contributed by atoms with Gasteiger partial charge >= 0.3 is 0 Å². The zero-order chi connectivity index (χ0) is 16.9. The van der Waals surface area contributed by atoms with Crippen molar-refractivity contribution in [2.24, 2.45) is 4.99 Å². The molecule has 1 saturated heterocycles. The van der Waals surface area contributed by atoms with Gasteiger partial charge < -0.3 is 10.6 Å². The van der Waals surface area contributed by atoms with Crippen molar-refractivity contribution in [3.8, 4) is 0 Å². The summed E-state index contributed by atoms with van der Waals surface area (Å²) in [5.41, 5.74) is 2.57. The van der Waals surface area contributed by atoms with E-state index in [1.807, 2.05) is 61.5 Å². The predicted molar refractivity (Wildman–Crippen MR) is 97.5 cm³/mol. The quantitative estimate of drug-likeness (QED) is 0.898. The number of nitrogens with one attached hydrogen (secondary N) is 2. The summed E-state index contributed by atoms with van der Waals surface area (Å²) in [5, 5.41) is 5.61. The second-order valence-electron chi connectivity index (χ2n) is 5.47. The van der Waals surface area contributed by atoms with Gasteiger partial charge in [-0.3, -0.25) is 9.59 Å². The Labute approximate surface area is 144 Å². The van der Waals surface area contributed by atoms with Crippen molar-refractivity contribution in [3.05, 3.63) is 60.2 Å². The molecule has 122 valence electrons. The van der Waals surface area contributed by atoms with Crippen LogP contribution in [0.3, 0.4) is 0 Å². The molecule has 0 bridgehead atoms. The molecule has 2 aromatic rings. The number of benzene rings is 2. The highest BCUT2D eigenvalue weighted by Gasteiger charge is 2.32. The molecule has 2 aromatic carbocycles. The highest BCUT2D eigenvalue weighted by molar-refractivity contribution is 8.15. The first-order valence-electron chi connectivity index (χ1n) is 7.58. The van der Waals surface area contributed by atoms with Gasteiger partial charge in [0.2, 0.25) is 11.8 Å². The summed E-state index contributed by atoms with van der Waals surface area (Å²) < 4.78 is 0. The molecule has 5 nitrogen and oxygen atoms in total. The van der Waals surface area contributed by atoms with E-state index in [4.69, 9.17) is 0 Å². The molecule has 1 atom stereocenters. The van der Waals surface area contributed by atoms with E-state index in [1.165, 1.54) is 11.8 Å². The number of nitrogens with zero attached hydrogens (tertiary/aromatic N) is 1. The molecule has 0 saturated carbocycles. The van der Waals surface area contributed by atoms with Gasteiger partial charge in [-0.1, -0.05) is 42.1 Å². The zero-order valence-corrected chi connectivity index (χ0v) is 14.0. The molecular formula is C18H17N3O2S. The van der Waals surface area contributed by atoms with Gasteiger partial charge in [0.25, 0.3) is 0 Å². The molecule has 3 rings (SSSR count). The number of aryl methyl sites for hydroxylation is 1. The van der Waals surface area contributed by atoms with Gasteiger partial charge in [0.15, 0.2) is 5.17 Å². The van der Waals surface area contributed by atoms with E-state index in [1.54, 1.807) is 0 Å². The Bertz CT molecular complexity index is 790. The Morgan fingerprint density at radius 1 is 1.21 bits per heavy atom. The average Bonchev–Trinajstić information content (AvgIpc) is 2.87. The van der Waals surface area contributed by atoms with Crippen LogP contribution >= 0.6 is 11.8 Å². The first kappa shape index (κ1) is 16.3. The van der Waals surface area contributed by atoms with E-state index < -0.39 is 5.25 Å². The number of amides is 2. The predicted octanol–water partition coefficient (Wildman–Crippen LogP) is 3.24. The van der Waals surface area contributed by atoms with Crippen molar-refractivity contribution in [2.75, 3.05) is 5.32 Å². The minimum Gasteiger partial charge on any atom is -0.326 e. The monoisotopic (exact) mass is 339 g/mol. The standard InChI is InChI=1S/C18H17N3O2S/c1-12-6-5-9-14(10-12)19-16(22)11-15-17(23)21-18(24-15)20-13-7-3-2-4-8-13/h2-10,15H,11H2,1H3,(H,19,22)(H,20,21,23)/t15-/m1/s1. The van der Waals surface area contributed by atoms with Crippen LogP contribution < -0.4 is 10.6 Å². The fraction of sp³-hybridized carbons (Fsp3) is 0.167. The van der Waals surface area contributed by atoms with Crippen LogP contribution in [-0.2, 0) is 9.59 Å². The van der Waals surface area contributed by atoms with Crippen molar-refractivity contribution >= 4 is 40.1 Å². The molecule has 0 aliphatic carbocycles. The summed E-state index contributed by atoms with van der Waals surface area (Å²) in [7, 11) is 0. The molecule has 1 heterocycles. The largest absolute Gasteiger partial charge is 0.326 e. The van der Waals surface area contributed by atoms with Crippen LogP contribution in [0.5, 0.6) is 0 Å². The lowest BCUT2D eigenvalue weighted by Gasteiger charge is -2.07. The number of carbonyl (C=O) groups excluding carboxylic acids is 2. The fourth-order valence-electron chi connectivity index (χ4n) is 2.32. The van der Waals surface area contributed by atoms with Crippen LogP contribution in [0.1, 0.15) is 12.0 Å². The maximum atomic E-state index is 12.1. The number of thioether (sulfide) groups is 1. The second-order valence-corrected chi connectivity index (χ2v) is 6.66. The van der Waals surface area contributed by atoms with E-state index in [-0.39, 0.29) is 18.2 Å². The first-order valence-corrected chi connectivity index (χ1v) is 8.46. The summed E-state index contributed by atoms with van der Waals surface area (Å²) >= 11 is 1.28. The van der Waals surface area contributed by atoms with Crippen LogP contribution in [0.4, 0.5) is 11.4 Å². The Hall–Kier alpha value is -2.60.